The van der Waals surface area contributed by atoms with Crippen molar-refractivity contribution in [3.63, 3.8) is 0 Å². The molecule has 1 aliphatic heterocycles. The van der Waals surface area contributed by atoms with Crippen molar-refractivity contribution in [2.24, 2.45) is 0 Å². The van der Waals surface area contributed by atoms with Crippen LogP contribution in [0.4, 0.5) is 11.5 Å². The number of nitrogens with zero attached hydrogens (tertiary/aromatic N) is 3. The van der Waals surface area contributed by atoms with E-state index in [1.165, 1.54) is 11.3 Å². The zero-order valence-electron chi connectivity index (χ0n) is 12.4. The van der Waals surface area contributed by atoms with E-state index in [2.05, 4.69) is 46.0 Å². The van der Waals surface area contributed by atoms with Gasteiger partial charge in [0, 0.05) is 31.9 Å². The first-order valence-corrected chi connectivity index (χ1v) is 7.39. The summed E-state index contributed by atoms with van der Waals surface area (Å²) in [5.74, 6) is 0.963. The van der Waals surface area contributed by atoms with Crippen LogP contribution in [0.1, 0.15) is 11.3 Å². The number of piperazine rings is 1. The molecule has 4 heteroatoms. The molecule has 4 nitrogen and oxygen atoms in total. The SMILES string of the molecule is Cc1cccc(N2CCN(c3cccc(CO)n3)CC2)c1. The van der Waals surface area contributed by atoms with Gasteiger partial charge in [0.25, 0.3) is 0 Å². The number of hydrogen-bond acceptors (Lipinski definition) is 4. The molecule has 0 unspecified atom stereocenters. The third-order valence-electron chi connectivity index (χ3n) is 3.92. The Morgan fingerprint density at radius 3 is 2.43 bits per heavy atom. The average molecular weight is 283 g/mol. The minimum absolute atomic E-state index is 0.00288. The molecule has 0 aliphatic carbocycles. The van der Waals surface area contributed by atoms with Gasteiger partial charge in [0.1, 0.15) is 5.82 Å². The predicted octanol–water partition coefficient (Wildman–Crippen LogP) is 2.21. The zero-order valence-corrected chi connectivity index (χ0v) is 12.4. The van der Waals surface area contributed by atoms with Crippen molar-refractivity contribution in [3.05, 3.63) is 53.7 Å². The summed E-state index contributed by atoms with van der Waals surface area (Å²) < 4.78 is 0. The molecule has 110 valence electrons. The zero-order chi connectivity index (χ0) is 14.7. The lowest BCUT2D eigenvalue weighted by molar-refractivity contribution is 0.277. The Morgan fingerprint density at radius 2 is 1.71 bits per heavy atom. The summed E-state index contributed by atoms with van der Waals surface area (Å²) in [6.07, 6.45) is 0. The van der Waals surface area contributed by atoms with Crippen LogP contribution >= 0.6 is 0 Å². The second kappa shape index (κ2) is 6.14. The molecule has 21 heavy (non-hydrogen) atoms. The van der Waals surface area contributed by atoms with Crippen LogP contribution < -0.4 is 9.80 Å². The molecule has 1 aliphatic rings. The van der Waals surface area contributed by atoms with Crippen LogP contribution in [-0.2, 0) is 6.61 Å². The summed E-state index contributed by atoms with van der Waals surface area (Å²) in [4.78, 5) is 9.18. The fourth-order valence-electron chi connectivity index (χ4n) is 2.75. The highest BCUT2D eigenvalue weighted by Gasteiger charge is 2.18. The van der Waals surface area contributed by atoms with Gasteiger partial charge in [0.15, 0.2) is 0 Å². The summed E-state index contributed by atoms with van der Waals surface area (Å²) in [5.41, 5.74) is 3.33. The van der Waals surface area contributed by atoms with Gasteiger partial charge >= 0.3 is 0 Å². The molecule has 1 N–H and O–H groups in total. The van der Waals surface area contributed by atoms with Crippen molar-refractivity contribution in [2.45, 2.75) is 13.5 Å². The minimum Gasteiger partial charge on any atom is -0.390 e. The van der Waals surface area contributed by atoms with E-state index in [0.29, 0.717) is 0 Å². The van der Waals surface area contributed by atoms with Gasteiger partial charge in [-0.1, -0.05) is 18.2 Å². The molecule has 0 atom stereocenters. The molecule has 0 amide bonds. The van der Waals surface area contributed by atoms with E-state index in [0.717, 1.165) is 37.7 Å². The van der Waals surface area contributed by atoms with Crippen LogP contribution in [0.25, 0.3) is 0 Å². The van der Waals surface area contributed by atoms with Crippen molar-refractivity contribution in [1.29, 1.82) is 0 Å². The minimum atomic E-state index is -0.00288. The first-order valence-electron chi connectivity index (χ1n) is 7.39. The van der Waals surface area contributed by atoms with Crippen LogP contribution in [0.2, 0.25) is 0 Å². The Hall–Kier alpha value is -2.07. The highest BCUT2D eigenvalue weighted by Crippen LogP contribution is 2.20. The number of aryl methyl sites for hydroxylation is 1. The lowest BCUT2D eigenvalue weighted by Gasteiger charge is -2.37. The summed E-state index contributed by atoms with van der Waals surface area (Å²) in [5, 5.41) is 9.19. The number of benzene rings is 1. The van der Waals surface area contributed by atoms with Crippen molar-refractivity contribution in [2.75, 3.05) is 36.0 Å². The largest absolute Gasteiger partial charge is 0.390 e. The Labute approximate surface area is 125 Å². The normalized spacial score (nSPS) is 15.3. The smallest absolute Gasteiger partial charge is 0.129 e. The molecule has 1 aromatic carbocycles. The van der Waals surface area contributed by atoms with Gasteiger partial charge in [-0.25, -0.2) is 4.98 Å². The molecule has 1 fully saturated rings. The van der Waals surface area contributed by atoms with Crippen molar-refractivity contribution in [3.8, 4) is 0 Å². The summed E-state index contributed by atoms with van der Waals surface area (Å²) >= 11 is 0. The van der Waals surface area contributed by atoms with E-state index in [1.807, 2.05) is 18.2 Å². The first-order chi connectivity index (χ1) is 10.3. The van der Waals surface area contributed by atoms with Gasteiger partial charge in [-0.05, 0) is 36.8 Å². The maximum absolute atomic E-state index is 9.19. The molecular weight excluding hydrogens is 262 g/mol. The monoisotopic (exact) mass is 283 g/mol. The number of anilines is 2. The summed E-state index contributed by atoms with van der Waals surface area (Å²) in [6, 6.07) is 14.5. The molecule has 2 heterocycles. The van der Waals surface area contributed by atoms with Crippen molar-refractivity contribution >= 4 is 11.5 Å². The first kappa shape index (κ1) is 13.9. The topological polar surface area (TPSA) is 39.6 Å². The van der Waals surface area contributed by atoms with Gasteiger partial charge in [-0.2, -0.15) is 0 Å². The van der Waals surface area contributed by atoms with Crippen LogP contribution in [0.15, 0.2) is 42.5 Å². The molecule has 0 radical (unpaired) electrons. The number of aromatic nitrogens is 1. The highest BCUT2D eigenvalue weighted by atomic mass is 16.3. The van der Waals surface area contributed by atoms with E-state index < -0.39 is 0 Å². The lowest BCUT2D eigenvalue weighted by atomic mass is 10.2. The molecule has 3 rings (SSSR count). The third kappa shape index (κ3) is 3.16. The van der Waals surface area contributed by atoms with Crippen LogP contribution in [0, 0.1) is 6.92 Å². The van der Waals surface area contributed by atoms with E-state index in [4.69, 9.17) is 0 Å². The van der Waals surface area contributed by atoms with Gasteiger partial charge in [-0.15, -0.1) is 0 Å². The Morgan fingerprint density at radius 1 is 1.00 bits per heavy atom. The Balaban J connectivity index is 1.67. The molecule has 2 aromatic rings. The van der Waals surface area contributed by atoms with Gasteiger partial charge in [0.05, 0.1) is 12.3 Å². The molecule has 1 saturated heterocycles. The van der Waals surface area contributed by atoms with E-state index in [9.17, 15) is 5.11 Å². The standard InChI is InChI=1S/C17H21N3O/c1-14-4-2-6-16(12-14)19-8-10-20(11-9-19)17-7-3-5-15(13-21)18-17/h2-7,12,21H,8-11,13H2,1H3. The number of rotatable bonds is 3. The fourth-order valence-corrected chi connectivity index (χ4v) is 2.75. The molecule has 1 aromatic heterocycles. The van der Waals surface area contributed by atoms with Gasteiger partial charge in [-0.3, -0.25) is 0 Å². The van der Waals surface area contributed by atoms with E-state index >= 15 is 0 Å². The van der Waals surface area contributed by atoms with Crippen LogP contribution in [0.3, 0.4) is 0 Å². The summed E-state index contributed by atoms with van der Waals surface area (Å²) in [7, 11) is 0. The summed E-state index contributed by atoms with van der Waals surface area (Å²) in [6.45, 7) is 6.02. The number of hydrogen-bond donors (Lipinski definition) is 1. The number of aliphatic hydroxyl groups is 1. The second-order valence-electron chi connectivity index (χ2n) is 5.46. The number of aliphatic hydroxyl groups excluding tert-OH is 1. The number of pyridine rings is 1. The Bertz CT molecular complexity index is 606. The van der Waals surface area contributed by atoms with Gasteiger partial charge in [0.2, 0.25) is 0 Å². The third-order valence-corrected chi connectivity index (χ3v) is 3.92. The molecular formula is C17H21N3O. The maximum atomic E-state index is 9.19. The highest BCUT2D eigenvalue weighted by molar-refractivity contribution is 5.51. The maximum Gasteiger partial charge on any atom is 0.129 e. The molecule has 0 saturated carbocycles. The lowest BCUT2D eigenvalue weighted by Crippen LogP contribution is -2.46. The van der Waals surface area contributed by atoms with Crippen LogP contribution in [-0.4, -0.2) is 36.3 Å². The van der Waals surface area contributed by atoms with E-state index in [-0.39, 0.29) is 6.61 Å². The predicted molar refractivity (Wildman–Crippen MR) is 85.8 cm³/mol. The molecule has 0 bridgehead atoms. The van der Waals surface area contributed by atoms with E-state index in [1.54, 1.807) is 0 Å². The fraction of sp³-hybridized carbons (Fsp3) is 0.353. The van der Waals surface area contributed by atoms with Crippen LogP contribution in [0.5, 0.6) is 0 Å². The Kier molecular flexibility index (Phi) is 4.06. The van der Waals surface area contributed by atoms with Crippen molar-refractivity contribution in [1.82, 2.24) is 4.98 Å². The quantitative estimate of drug-likeness (QED) is 0.937. The van der Waals surface area contributed by atoms with Crippen molar-refractivity contribution < 1.29 is 5.11 Å². The average Bonchev–Trinajstić information content (AvgIpc) is 2.55. The molecule has 0 spiro atoms. The second-order valence-corrected chi connectivity index (χ2v) is 5.46. The van der Waals surface area contributed by atoms with Gasteiger partial charge < -0.3 is 14.9 Å².